The van der Waals surface area contributed by atoms with Gasteiger partial charge in [0.25, 0.3) is 0 Å². The molecule has 0 saturated heterocycles. The molecule has 1 aromatic heterocycles. The summed E-state index contributed by atoms with van der Waals surface area (Å²) in [5, 5.41) is 13.9. The second kappa shape index (κ2) is 7.21. The van der Waals surface area contributed by atoms with Crippen molar-refractivity contribution >= 4 is 40.8 Å². The summed E-state index contributed by atoms with van der Waals surface area (Å²) in [5.41, 5.74) is 3.51. The van der Waals surface area contributed by atoms with Crippen LogP contribution in [0.15, 0.2) is 28.3 Å². The number of carboxylic acids is 1. The van der Waals surface area contributed by atoms with Crippen molar-refractivity contribution in [2.45, 2.75) is 34.2 Å². The molecule has 0 atom stereocenters. The van der Waals surface area contributed by atoms with Gasteiger partial charge >= 0.3 is 5.97 Å². The maximum atomic E-state index is 11.9. The number of ketones is 1. The Balaban J connectivity index is 2.68. The highest BCUT2D eigenvalue weighted by Crippen LogP contribution is 2.28. The Bertz CT molecular complexity index is 935. The van der Waals surface area contributed by atoms with E-state index < -0.39 is 5.97 Å². The molecule has 0 saturated carbocycles. The van der Waals surface area contributed by atoms with Gasteiger partial charge in [-0.1, -0.05) is 0 Å². The van der Waals surface area contributed by atoms with Gasteiger partial charge in [0.15, 0.2) is 5.78 Å². The van der Waals surface area contributed by atoms with Crippen LogP contribution < -0.4 is 0 Å². The third kappa shape index (κ3) is 3.88. The lowest BCUT2D eigenvalue weighted by atomic mass is 10.0. The van der Waals surface area contributed by atoms with Gasteiger partial charge in [0.05, 0.1) is 5.52 Å². The van der Waals surface area contributed by atoms with Crippen LogP contribution >= 0.6 is 0 Å². The van der Waals surface area contributed by atoms with Crippen LogP contribution in [0.25, 0.3) is 16.5 Å². The van der Waals surface area contributed by atoms with Crippen molar-refractivity contribution in [1.82, 2.24) is 9.78 Å². The second-order valence-corrected chi connectivity index (χ2v) is 5.79. The van der Waals surface area contributed by atoms with Crippen LogP contribution in [0.5, 0.6) is 0 Å². The number of allylic oxidation sites excluding steroid dienone is 1. The highest BCUT2D eigenvalue weighted by molar-refractivity contribution is 6.06. The molecule has 7 heteroatoms. The second-order valence-electron chi connectivity index (χ2n) is 5.79. The van der Waals surface area contributed by atoms with Gasteiger partial charge in [-0.15, -0.1) is 0 Å². The summed E-state index contributed by atoms with van der Waals surface area (Å²) in [5.74, 6) is -0.673. The van der Waals surface area contributed by atoms with Crippen LogP contribution in [0.2, 0.25) is 0 Å². The number of aliphatic imine (C=N–C) groups is 2. The fraction of sp³-hybridized carbons (Fsp3) is 0.278. The van der Waals surface area contributed by atoms with Crippen molar-refractivity contribution < 1.29 is 14.7 Å². The fourth-order valence-electron chi connectivity index (χ4n) is 2.56. The lowest BCUT2D eigenvalue weighted by Crippen LogP contribution is -2.11. The molecule has 0 unspecified atom stereocenters. The molecule has 0 amide bonds. The van der Waals surface area contributed by atoms with E-state index in [2.05, 4.69) is 21.8 Å². The summed E-state index contributed by atoms with van der Waals surface area (Å²) >= 11 is 0. The Morgan fingerprint density at radius 3 is 2.56 bits per heavy atom. The van der Waals surface area contributed by atoms with E-state index in [4.69, 9.17) is 5.11 Å². The van der Waals surface area contributed by atoms with E-state index in [1.165, 1.54) is 11.6 Å². The zero-order chi connectivity index (χ0) is 18.7. The Morgan fingerprint density at radius 2 is 2.00 bits per heavy atom. The molecule has 1 aromatic carbocycles. The smallest absolute Gasteiger partial charge is 0.325 e. The number of carbonyl (C=O) groups excluding carboxylic acids is 1. The number of nitrogens with zero attached hydrogens (tertiary/aromatic N) is 4. The molecule has 0 aliphatic rings. The lowest BCUT2D eigenvalue weighted by Gasteiger charge is -2.07. The zero-order valence-electron chi connectivity index (χ0n) is 14.7. The first kappa shape index (κ1) is 18.3. The molecule has 0 radical (unpaired) electrons. The SMILES string of the molecule is C=NC(C)=N/C=C(\C)c1cc(C)c2c(c1)c(C(C)=O)nn2CC(=O)O. The average molecular weight is 340 g/mol. The lowest BCUT2D eigenvalue weighted by molar-refractivity contribution is -0.137. The number of Topliss-reactive ketones (excluding diaryl/α,β-unsaturated/α-hetero) is 1. The van der Waals surface area contributed by atoms with E-state index in [-0.39, 0.29) is 18.0 Å². The van der Waals surface area contributed by atoms with Gasteiger partial charge in [-0.25, -0.2) is 9.98 Å². The van der Waals surface area contributed by atoms with Crippen LogP contribution in [-0.4, -0.2) is 39.2 Å². The standard InChI is InChI=1S/C18H20N4O3/c1-10-6-14(11(2)8-20-13(4)19-5)7-15-17(12(3)23)21-22(18(10)15)9-16(24)25/h6-8H,5,9H2,1-4H3,(H,24,25)/b11-8+,20-13?. The number of fused-ring (bicyclic) bond motifs is 1. The van der Waals surface area contributed by atoms with Crippen LogP contribution in [-0.2, 0) is 11.3 Å². The van der Waals surface area contributed by atoms with Crippen molar-refractivity contribution in [2.24, 2.45) is 9.98 Å². The fourth-order valence-corrected chi connectivity index (χ4v) is 2.56. The summed E-state index contributed by atoms with van der Waals surface area (Å²) in [6.45, 7) is 10.0. The predicted molar refractivity (Wildman–Crippen MR) is 98.4 cm³/mol. The monoisotopic (exact) mass is 340 g/mol. The molecule has 2 rings (SSSR count). The molecule has 2 aromatic rings. The van der Waals surface area contributed by atoms with E-state index in [1.807, 2.05) is 26.0 Å². The average Bonchev–Trinajstić information content (AvgIpc) is 2.90. The molecule has 0 bridgehead atoms. The third-order valence-electron chi connectivity index (χ3n) is 3.78. The molecule has 25 heavy (non-hydrogen) atoms. The zero-order valence-corrected chi connectivity index (χ0v) is 14.7. The highest BCUT2D eigenvalue weighted by atomic mass is 16.4. The molecule has 0 aliphatic heterocycles. The minimum atomic E-state index is -1.01. The Hall–Kier alpha value is -3.09. The van der Waals surface area contributed by atoms with E-state index in [1.54, 1.807) is 13.1 Å². The summed E-state index contributed by atoms with van der Waals surface area (Å²) in [7, 11) is 0. The summed E-state index contributed by atoms with van der Waals surface area (Å²) in [6, 6.07) is 3.76. The molecule has 1 N–H and O–H groups in total. The van der Waals surface area contributed by atoms with E-state index in [0.717, 1.165) is 16.7 Å². The first-order chi connectivity index (χ1) is 11.7. The van der Waals surface area contributed by atoms with Crippen LogP contribution in [0.4, 0.5) is 0 Å². The van der Waals surface area contributed by atoms with Crippen LogP contribution in [0, 0.1) is 6.92 Å². The summed E-state index contributed by atoms with van der Waals surface area (Å²) in [4.78, 5) is 30.9. The number of hydrogen-bond acceptors (Lipinski definition) is 4. The molecule has 130 valence electrons. The first-order valence-electron chi connectivity index (χ1n) is 7.66. The number of carbonyl (C=O) groups is 2. The van der Waals surface area contributed by atoms with Gasteiger partial charge in [0, 0.05) is 18.5 Å². The third-order valence-corrected chi connectivity index (χ3v) is 3.78. The number of rotatable bonds is 5. The maximum absolute atomic E-state index is 11.9. The maximum Gasteiger partial charge on any atom is 0.325 e. The molecular formula is C18H20N4O3. The predicted octanol–water partition coefficient (Wildman–Crippen LogP) is 3.11. The van der Waals surface area contributed by atoms with E-state index in [0.29, 0.717) is 16.7 Å². The van der Waals surface area contributed by atoms with Gasteiger partial charge in [-0.2, -0.15) is 5.10 Å². The van der Waals surface area contributed by atoms with Gasteiger partial charge in [0.2, 0.25) is 0 Å². The van der Waals surface area contributed by atoms with Crippen LogP contribution in [0.3, 0.4) is 0 Å². The minimum absolute atomic E-state index is 0.211. The highest BCUT2D eigenvalue weighted by Gasteiger charge is 2.18. The van der Waals surface area contributed by atoms with Crippen molar-refractivity contribution in [3.8, 4) is 0 Å². The van der Waals surface area contributed by atoms with E-state index >= 15 is 0 Å². The van der Waals surface area contributed by atoms with Gasteiger partial charge < -0.3 is 5.11 Å². The first-order valence-corrected chi connectivity index (χ1v) is 7.66. The number of amidine groups is 1. The largest absolute Gasteiger partial charge is 0.480 e. The van der Waals surface area contributed by atoms with Crippen molar-refractivity contribution in [1.29, 1.82) is 0 Å². The van der Waals surface area contributed by atoms with Crippen molar-refractivity contribution in [3.63, 3.8) is 0 Å². The quantitative estimate of drug-likeness (QED) is 0.514. The van der Waals surface area contributed by atoms with E-state index in [9.17, 15) is 9.59 Å². The molecule has 1 heterocycles. The number of aromatic nitrogens is 2. The Morgan fingerprint density at radius 1 is 1.32 bits per heavy atom. The minimum Gasteiger partial charge on any atom is -0.480 e. The number of aliphatic carboxylic acids is 1. The van der Waals surface area contributed by atoms with Gasteiger partial charge in [0.1, 0.15) is 18.1 Å². The topological polar surface area (TPSA) is 96.9 Å². The summed E-state index contributed by atoms with van der Waals surface area (Å²) in [6.07, 6.45) is 1.68. The number of benzene rings is 1. The molecule has 0 fully saturated rings. The number of carboxylic acid groups (broad SMARTS) is 1. The normalized spacial score (nSPS) is 12.5. The van der Waals surface area contributed by atoms with Gasteiger partial charge in [-0.3, -0.25) is 14.3 Å². The number of hydrogen-bond donors (Lipinski definition) is 1. The Labute approximate surface area is 145 Å². The Kier molecular flexibility index (Phi) is 5.26. The molecular weight excluding hydrogens is 320 g/mol. The summed E-state index contributed by atoms with van der Waals surface area (Å²) < 4.78 is 1.36. The molecule has 0 spiro atoms. The van der Waals surface area contributed by atoms with Crippen molar-refractivity contribution in [3.05, 3.63) is 35.2 Å². The molecule has 7 nitrogen and oxygen atoms in total. The van der Waals surface area contributed by atoms with Crippen molar-refractivity contribution in [2.75, 3.05) is 0 Å². The number of aryl methyl sites for hydroxylation is 1. The van der Waals surface area contributed by atoms with Gasteiger partial charge in [-0.05, 0) is 56.3 Å². The molecule has 0 aliphatic carbocycles. The van der Waals surface area contributed by atoms with Crippen LogP contribution in [0.1, 0.15) is 42.4 Å².